The van der Waals surface area contributed by atoms with Crippen LogP contribution in [-0.4, -0.2) is 19.3 Å². The van der Waals surface area contributed by atoms with E-state index in [1.807, 2.05) is 12.1 Å². The fourth-order valence-electron chi connectivity index (χ4n) is 1.67. The molecule has 0 aliphatic carbocycles. The molecule has 0 radical (unpaired) electrons. The normalized spacial score (nSPS) is 14.9. The molecule has 0 amide bonds. The summed E-state index contributed by atoms with van der Waals surface area (Å²) in [5, 5.41) is 0. The summed E-state index contributed by atoms with van der Waals surface area (Å²) in [7, 11) is 1.72. The second-order valence-corrected chi connectivity index (χ2v) is 4.59. The second-order valence-electron chi connectivity index (χ2n) is 3.68. The van der Waals surface area contributed by atoms with Crippen molar-refractivity contribution in [1.82, 2.24) is 0 Å². The highest BCUT2D eigenvalue weighted by atomic mass is 79.9. The first-order chi connectivity index (χ1) is 7.17. The SMILES string of the molecule is CCC(OC)C(N)Cc1ccc(Br)cc1. The first-order valence-electron chi connectivity index (χ1n) is 5.20. The lowest BCUT2D eigenvalue weighted by molar-refractivity contribution is 0.0773. The minimum atomic E-state index is 0.0705. The quantitative estimate of drug-likeness (QED) is 0.894. The van der Waals surface area contributed by atoms with Gasteiger partial charge in [0.25, 0.3) is 0 Å². The van der Waals surface area contributed by atoms with Crippen LogP contribution in [0.1, 0.15) is 18.9 Å². The largest absolute Gasteiger partial charge is 0.380 e. The lowest BCUT2D eigenvalue weighted by atomic mass is 10.0. The van der Waals surface area contributed by atoms with Crippen LogP contribution < -0.4 is 5.73 Å². The Balaban J connectivity index is 2.57. The van der Waals surface area contributed by atoms with Crippen LogP contribution in [0.4, 0.5) is 0 Å². The number of benzene rings is 1. The zero-order valence-electron chi connectivity index (χ0n) is 9.24. The molecule has 3 heteroatoms. The second kappa shape index (κ2) is 6.26. The Morgan fingerprint density at radius 1 is 1.33 bits per heavy atom. The Bertz CT molecular complexity index is 282. The zero-order chi connectivity index (χ0) is 11.3. The molecule has 0 aliphatic heterocycles. The highest BCUT2D eigenvalue weighted by molar-refractivity contribution is 9.10. The van der Waals surface area contributed by atoms with Gasteiger partial charge >= 0.3 is 0 Å². The third-order valence-corrected chi connectivity index (χ3v) is 3.10. The topological polar surface area (TPSA) is 35.2 Å². The monoisotopic (exact) mass is 271 g/mol. The van der Waals surface area contributed by atoms with Crippen LogP contribution >= 0.6 is 15.9 Å². The molecule has 1 rings (SSSR count). The molecule has 0 saturated carbocycles. The Morgan fingerprint density at radius 3 is 2.40 bits per heavy atom. The molecular formula is C12H18BrNO. The highest BCUT2D eigenvalue weighted by Crippen LogP contribution is 2.13. The minimum absolute atomic E-state index is 0.0705. The van der Waals surface area contributed by atoms with E-state index in [0.717, 1.165) is 17.3 Å². The molecule has 0 bridgehead atoms. The van der Waals surface area contributed by atoms with Crippen molar-refractivity contribution in [2.45, 2.75) is 31.9 Å². The first-order valence-corrected chi connectivity index (χ1v) is 5.99. The molecule has 0 aromatic heterocycles. The number of methoxy groups -OCH3 is 1. The summed E-state index contributed by atoms with van der Waals surface area (Å²) in [5.41, 5.74) is 7.32. The molecule has 2 nitrogen and oxygen atoms in total. The average Bonchev–Trinajstić information content (AvgIpc) is 2.23. The maximum absolute atomic E-state index is 6.07. The number of rotatable bonds is 5. The Kier molecular flexibility index (Phi) is 5.29. The van der Waals surface area contributed by atoms with Gasteiger partial charge in [-0.1, -0.05) is 35.0 Å². The summed E-state index contributed by atoms with van der Waals surface area (Å²) >= 11 is 3.41. The molecule has 1 aromatic carbocycles. The Labute approximate surface area is 99.9 Å². The molecule has 15 heavy (non-hydrogen) atoms. The summed E-state index contributed by atoms with van der Waals surface area (Å²) in [4.78, 5) is 0. The lowest BCUT2D eigenvalue weighted by Crippen LogP contribution is -2.37. The highest BCUT2D eigenvalue weighted by Gasteiger charge is 2.15. The smallest absolute Gasteiger partial charge is 0.0722 e. The molecule has 0 fully saturated rings. The van der Waals surface area contributed by atoms with Crippen LogP contribution in [0, 0.1) is 0 Å². The van der Waals surface area contributed by atoms with Crippen molar-refractivity contribution < 1.29 is 4.74 Å². The Hall–Kier alpha value is -0.380. The third-order valence-electron chi connectivity index (χ3n) is 2.57. The van der Waals surface area contributed by atoms with Crippen molar-refractivity contribution in [3.63, 3.8) is 0 Å². The minimum Gasteiger partial charge on any atom is -0.380 e. The van der Waals surface area contributed by atoms with Crippen LogP contribution in [-0.2, 0) is 11.2 Å². The van der Waals surface area contributed by atoms with Gasteiger partial charge in [0.15, 0.2) is 0 Å². The van der Waals surface area contributed by atoms with Crippen LogP contribution in [0.5, 0.6) is 0 Å². The zero-order valence-corrected chi connectivity index (χ0v) is 10.8. The van der Waals surface area contributed by atoms with Crippen LogP contribution in [0.25, 0.3) is 0 Å². The molecule has 2 N–H and O–H groups in total. The van der Waals surface area contributed by atoms with E-state index < -0.39 is 0 Å². The van der Waals surface area contributed by atoms with Crippen molar-refractivity contribution in [3.05, 3.63) is 34.3 Å². The molecule has 0 aliphatic rings. The van der Waals surface area contributed by atoms with E-state index >= 15 is 0 Å². The number of nitrogens with two attached hydrogens (primary N) is 1. The van der Waals surface area contributed by atoms with Crippen LogP contribution in [0.2, 0.25) is 0 Å². The van der Waals surface area contributed by atoms with Gasteiger partial charge in [-0.3, -0.25) is 0 Å². The van der Waals surface area contributed by atoms with E-state index in [1.165, 1.54) is 5.56 Å². The number of ether oxygens (including phenoxy) is 1. The number of halogens is 1. The predicted octanol–water partition coefficient (Wildman–Crippen LogP) is 2.74. The van der Waals surface area contributed by atoms with E-state index in [4.69, 9.17) is 10.5 Å². The van der Waals surface area contributed by atoms with E-state index in [0.29, 0.717) is 0 Å². The number of hydrogen-bond acceptors (Lipinski definition) is 2. The molecule has 2 atom stereocenters. The fourth-order valence-corrected chi connectivity index (χ4v) is 1.93. The predicted molar refractivity (Wildman–Crippen MR) is 66.9 cm³/mol. The third kappa shape index (κ3) is 3.93. The van der Waals surface area contributed by atoms with Gasteiger partial charge in [-0.15, -0.1) is 0 Å². The van der Waals surface area contributed by atoms with Gasteiger partial charge in [0.1, 0.15) is 0 Å². The molecule has 2 unspecified atom stereocenters. The van der Waals surface area contributed by atoms with Gasteiger partial charge in [-0.2, -0.15) is 0 Å². The molecule has 0 saturated heterocycles. The maximum atomic E-state index is 6.07. The van der Waals surface area contributed by atoms with Gasteiger partial charge in [0, 0.05) is 17.6 Å². The molecule has 1 aromatic rings. The van der Waals surface area contributed by atoms with Crippen molar-refractivity contribution in [2.24, 2.45) is 5.73 Å². The van der Waals surface area contributed by atoms with E-state index in [9.17, 15) is 0 Å². The van der Waals surface area contributed by atoms with E-state index in [2.05, 4.69) is 35.0 Å². The fraction of sp³-hybridized carbons (Fsp3) is 0.500. The summed E-state index contributed by atoms with van der Waals surface area (Å²) in [6.45, 7) is 2.09. The number of hydrogen-bond donors (Lipinski definition) is 1. The van der Waals surface area contributed by atoms with Gasteiger partial charge in [-0.05, 0) is 30.5 Å². The van der Waals surface area contributed by atoms with Crippen LogP contribution in [0.15, 0.2) is 28.7 Å². The van der Waals surface area contributed by atoms with Gasteiger partial charge in [-0.25, -0.2) is 0 Å². The maximum Gasteiger partial charge on any atom is 0.0722 e. The summed E-state index contributed by atoms with van der Waals surface area (Å²) in [6.07, 6.45) is 1.96. The Morgan fingerprint density at radius 2 is 1.93 bits per heavy atom. The van der Waals surface area contributed by atoms with Gasteiger partial charge in [0.05, 0.1) is 6.10 Å². The van der Waals surface area contributed by atoms with E-state index in [1.54, 1.807) is 7.11 Å². The molecule has 0 heterocycles. The molecule has 84 valence electrons. The average molecular weight is 272 g/mol. The molecule has 0 spiro atoms. The van der Waals surface area contributed by atoms with Crippen molar-refractivity contribution >= 4 is 15.9 Å². The summed E-state index contributed by atoms with van der Waals surface area (Å²) in [6, 6.07) is 8.32. The first kappa shape index (κ1) is 12.7. The van der Waals surface area contributed by atoms with Crippen molar-refractivity contribution in [1.29, 1.82) is 0 Å². The van der Waals surface area contributed by atoms with Gasteiger partial charge < -0.3 is 10.5 Å². The van der Waals surface area contributed by atoms with Gasteiger partial charge in [0.2, 0.25) is 0 Å². The molecular weight excluding hydrogens is 254 g/mol. The van der Waals surface area contributed by atoms with Crippen LogP contribution in [0.3, 0.4) is 0 Å². The lowest BCUT2D eigenvalue weighted by Gasteiger charge is -2.21. The van der Waals surface area contributed by atoms with Crippen molar-refractivity contribution in [2.75, 3.05) is 7.11 Å². The summed E-state index contributed by atoms with van der Waals surface area (Å²) in [5.74, 6) is 0. The standard InChI is InChI=1S/C12H18BrNO/c1-3-12(15-2)11(14)8-9-4-6-10(13)7-5-9/h4-7,11-12H,3,8,14H2,1-2H3. The van der Waals surface area contributed by atoms with E-state index in [-0.39, 0.29) is 12.1 Å². The summed E-state index contributed by atoms with van der Waals surface area (Å²) < 4.78 is 6.42. The van der Waals surface area contributed by atoms with Crippen molar-refractivity contribution in [3.8, 4) is 0 Å².